The first-order chi connectivity index (χ1) is 18.4. The van der Waals surface area contributed by atoms with Crippen LogP contribution >= 0.6 is 38.5 Å². The largest absolute Gasteiger partial charge is 0.289 e. The summed E-state index contributed by atoms with van der Waals surface area (Å²) in [4.78, 5) is 48.6. The predicted molar refractivity (Wildman–Crippen MR) is 156 cm³/mol. The normalized spacial score (nSPS) is 20.6. The van der Waals surface area contributed by atoms with Gasteiger partial charge >= 0.3 is 0 Å². The summed E-state index contributed by atoms with van der Waals surface area (Å²) in [7, 11) is 0. The maximum Gasteiger partial charge on any atom is 0.266 e. The zero-order valence-electron chi connectivity index (χ0n) is 19.8. The second-order valence-corrected chi connectivity index (χ2v) is 11.2. The van der Waals surface area contributed by atoms with Crippen LogP contribution in [0.4, 0.5) is 11.4 Å². The van der Waals surface area contributed by atoms with Gasteiger partial charge in [0.15, 0.2) is 11.9 Å². The smallest absolute Gasteiger partial charge is 0.266 e. The molecule has 2 aliphatic heterocycles. The molecular formula is C30H20BrIN2O4. The number of hydroxylamine groups is 1. The molecule has 0 N–H and O–H groups in total. The quantitative estimate of drug-likeness (QED) is 0.140. The third-order valence-corrected chi connectivity index (χ3v) is 8.02. The van der Waals surface area contributed by atoms with Crippen LogP contribution in [0.3, 0.4) is 0 Å². The minimum atomic E-state index is -1.02. The van der Waals surface area contributed by atoms with E-state index >= 15 is 0 Å². The van der Waals surface area contributed by atoms with Crippen molar-refractivity contribution < 1.29 is 19.2 Å². The first-order valence-corrected chi connectivity index (χ1v) is 13.8. The number of ketones is 1. The fraction of sp³-hybridized carbons (Fsp3) is 0.100. The average Bonchev–Trinajstić information content (AvgIpc) is 3.45. The fourth-order valence-electron chi connectivity index (χ4n) is 5.08. The van der Waals surface area contributed by atoms with E-state index in [-0.39, 0.29) is 11.7 Å². The number of halogens is 2. The number of carbonyl (C=O) groups is 3. The SMILES string of the molecule is O=C(c1ccccc1)c1cc(I)ccc1N1O[C@@H]2C(=O)N(c3ccc(Br)cc3)C(=O)[C@H]2[C@@H]1c1ccccc1. The van der Waals surface area contributed by atoms with Crippen LogP contribution in [0.2, 0.25) is 0 Å². The molecule has 0 aromatic heterocycles. The minimum Gasteiger partial charge on any atom is -0.289 e. The van der Waals surface area contributed by atoms with E-state index in [2.05, 4.69) is 38.5 Å². The number of nitrogens with zero attached hydrogens (tertiary/aromatic N) is 2. The summed E-state index contributed by atoms with van der Waals surface area (Å²) in [5, 5.41) is 1.59. The van der Waals surface area contributed by atoms with Crippen molar-refractivity contribution in [2.75, 3.05) is 9.96 Å². The number of fused-ring (bicyclic) bond motifs is 1. The number of imide groups is 1. The second kappa shape index (κ2) is 10.1. The molecule has 2 fully saturated rings. The molecule has 8 heteroatoms. The Kier molecular flexibility index (Phi) is 6.63. The second-order valence-electron chi connectivity index (χ2n) is 9.08. The number of hydrogen-bond acceptors (Lipinski definition) is 5. The van der Waals surface area contributed by atoms with Gasteiger partial charge in [-0.2, -0.15) is 0 Å². The Balaban J connectivity index is 1.46. The van der Waals surface area contributed by atoms with Gasteiger partial charge in [-0.25, -0.2) is 9.96 Å². The Bertz CT molecular complexity index is 1550. The van der Waals surface area contributed by atoms with E-state index in [1.54, 1.807) is 41.5 Å². The molecule has 0 spiro atoms. The molecule has 4 aromatic carbocycles. The molecule has 38 heavy (non-hydrogen) atoms. The van der Waals surface area contributed by atoms with Gasteiger partial charge in [-0.1, -0.05) is 76.6 Å². The first-order valence-electron chi connectivity index (χ1n) is 12.0. The highest BCUT2D eigenvalue weighted by Crippen LogP contribution is 2.48. The van der Waals surface area contributed by atoms with Crippen LogP contribution in [-0.4, -0.2) is 23.7 Å². The molecule has 4 aromatic rings. The van der Waals surface area contributed by atoms with Crippen molar-refractivity contribution in [2.24, 2.45) is 5.92 Å². The summed E-state index contributed by atoms with van der Waals surface area (Å²) in [5.74, 6) is -1.71. The zero-order chi connectivity index (χ0) is 26.4. The van der Waals surface area contributed by atoms with Gasteiger partial charge in [0, 0.05) is 19.2 Å². The molecule has 188 valence electrons. The van der Waals surface area contributed by atoms with Crippen molar-refractivity contribution in [3.8, 4) is 0 Å². The molecule has 6 rings (SSSR count). The fourth-order valence-corrected chi connectivity index (χ4v) is 5.84. The van der Waals surface area contributed by atoms with E-state index in [9.17, 15) is 14.4 Å². The van der Waals surface area contributed by atoms with Crippen molar-refractivity contribution in [3.63, 3.8) is 0 Å². The molecule has 2 heterocycles. The molecule has 3 atom stereocenters. The number of carbonyl (C=O) groups excluding carboxylic acids is 3. The third-order valence-electron chi connectivity index (χ3n) is 6.82. The lowest BCUT2D eigenvalue weighted by molar-refractivity contribution is -0.126. The van der Waals surface area contributed by atoms with Crippen LogP contribution in [0.25, 0.3) is 0 Å². The molecular weight excluding hydrogens is 659 g/mol. The number of hydrogen-bond donors (Lipinski definition) is 0. The van der Waals surface area contributed by atoms with Gasteiger partial charge < -0.3 is 0 Å². The van der Waals surface area contributed by atoms with E-state index in [0.717, 1.165) is 13.6 Å². The van der Waals surface area contributed by atoms with Gasteiger partial charge in [0.25, 0.3) is 5.91 Å². The summed E-state index contributed by atoms with van der Waals surface area (Å²) in [6.45, 7) is 0. The van der Waals surface area contributed by atoms with Crippen molar-refractivity contribution >= 4 is 67.5 Å². The lowest BCUT2D eigenvalue weighted by Crippen LogP contribution is -2.37. The van der Waals surface area contributed by atoms with Crippen LogP contribution in [-0.2, 0) is 14.4 Å². The summed E-state index contributed by atoms with van der Waals surface area (Å²) >= 11 is 5.57. The van der Waals surface area contributed by atoms with Crippen molar-refractivity contribution in [1.82, 2.24) is 0 Å². The van der Waals surface area contributed by atoms with E-state index in [1.807, 2.05) is 66.7 Å². The standard InChI is InChI=1S/C30H20BrIN2O4/c31-20-11-14-22(15-12-20)33-29(36)25-26(18-7-3-1-4-8-18)34(38-28(25)30(33)37)24-16-13-21(32)17-23(24)27(35)19-9-5-2-6-10-19/h1-17,25-26,28H/t25-,26-,28-/m0/s1. The molecule has 0 unspecified atom stereocenters. The molecule has 2 amide bonds. The summed E-state index contributed by atoms with van der Waals surface area (Å²) in [5.41, 5.74) is 2.80. The van der Waals surface area contributed by atoms with Crippen molar-refractivity contribution in [1.29, 1.82) is 0 Å². The number of rotatable bonds is 5. The van der Waals surface area contributed by atoms with E-state index in [4.69, 9.17) is 4.84 Å². The molecule has 2 saturated heterocycles. The Labute approximate surface area is 241 Å². The lowest BCUT2D eigenvalue weighted by atomic mass is 9.90. The topological polar surface area (TPSA) is 66.9 Å². The summed E-state index contributed by atoms with van der Waals surface area (Å²) in [6.07, 6.45) is -1.02. The van der Waals surface area contributed by atoms with Crippen LogP contribution in [0.5, 0.6) is 0 Å². The molecule has 0 radical (unpaired) electrons. The number of amides is 2. The number of benzene rings is 4. The highest BCUT2D eigenvalue weighted by Gasteiger charge is 2.60. The third kappa shape index (κ3) is 4.26. The van der Waals surface area contributed by atoms with Crippen LogP contribution < -0.4 is 9.96 Å². The van der Waals surface area contributed by atoms with E-state index in [0.29, 0.717) is 22.5 Å². The zero-order valence-corrected chi connectivity index (χ0v) is 23.6. The number of anilines is 2. The highest BCUT2D eigenvalue weighted by atomic mass is 127. The van der Waals surface area contributed by atoms with Gasteiger partial charge in [0.1, 0.15) is 5.92 Å². The molecule has 0 bridgehead atoms. The van der Waals surface area contributed by atoms with Crippen LogP contribution in [0.15, 0.2) is 108 Å². The average molecular weight is 679 g/mol. The van der Waals surface area contributed by atoms with Gasteiger partial charge in [0.2, 0.25) is 5.91 Å². The molecule has 6 nitrogen and oxygen atoms in total. The van der Waals surface area contributed by atoms with Crippen LogP contribution in [0.1, 0.15) is 27.5 Å². The first kappa shape index (κ1) is 25.0. The Morgan fingerprint density at radius 1 is 0.816 bits per heavy atom. The van der Waals surface area contributed by atoms with Gasteiger partial charge in [-0.05, 0) is 70.6 Å². The molecule has 0 aliphatic carbocycles. The Morgan fingerprint density at radius 2 is 1.47 bits per heavy atom. The predicted octanol–water partition coefficient (Wildman–Crippen LogP) is 6.34. The van der Waals surface area contributed by atoms with E-state index < -0.39 is 24.0 Å². The van der Waals surface area contributed by atoms with E-state index in [1.165, 1.54) is 4.90 Å². The summed E-state index contributed by atoms with van der Waals surface area (Å²) < 4.78 is 1.73. The Hall–Kier alpha value is -3.34. The van der Waals surface area contributed by atoms with Crippen molar-refractivity contribution in [3.05, 3.63) is 128 Å². The van der Waals surface area contributed by atoms with Crippen molar-refractivity contribution in [2.45, 2.75) is 12.1 Å². The lowest BCUT2D eigenvalue weighted by Gasteiger charge is -2.30. The Morgan fingerprint density at radius 3 is 2.16 bits per heavy atom. The maximum absolute atomic E-state index is 13.9. The summed E-state index contributed by atoms with van der Waals surface area (Å²) in [6, 6.07) is 30.5. The molecule has 0 saturated carbocycles. The van der Waals surface area contributed by atoms with Crippen LogP contribution in [0, 0.1) is 9.49 Å². The monoisotopic (exact) mass is 678 g/mol. The highest BCUT2D eigenvalue weighted by molar-refractivity contribution is 14.1. The van der Waals surface area contributed by atoms with Gasteiger partial charge in [-0.15, -0.1) is 0 Å². The minimum absolute atomic E-state index is 0.166. The maximum atomic E-state index is 13.9. The van der Waals surface area contributed by atoms with Gasteiger partial charge in [-0.3, -0.25) is 19.2 Å². The van der Waals surface area contributed by atoms with Gasteiger partial charge in [0.05, 0.1) is 17.4 Å². The molecule has 2 aliphatic rings.